The maximum atomic E-state index is 12.2. The van der Waals surface area contributed by atoms with Crippen molar-refractivity contribution < 1.29 is 4.79 Å². The molecule has 3 rings (SSSR count). The van der Waals surface area contributed by atoms with Crippen molar-refractivity contribution in [1.82, 2.24) is 14.8 Å². The number of hydrogen-bond acceptors (Lipinski definition) is 4. The van der Waals surface area contributed by atoms with Gasteiger partial charge in [0.2, 0.25) is 5.91 Å². The summed E-state index contributed by atoms with van der Waals surface area (Å²) in [6.45, 7) is 2.78. The van der Waals surface area contributed by atoms with Crippen molar-refractivity contribution in [3.8, 4) is 0 Å². The monoisotopic (exact) mass is 420 g/mol. The highest BCUT2D eigenvalue weighted by Gasteiger charge is 2.14. The molecule has 27 heavy (non-hydrogen) atoms. The van der Waals surface area contributed by atoms with Gasteiger partial charge in [-0.25, -0.2) is 0 Å². The maximum absolute atomic E-state index is 12.2. The van der Waals surface area contributed by atoms with E-state index in [1.165, 1.54) is 17.3 Å². The number of carbonyl (C=O) groups excluding carboxylic acids is 1. The van der Waals surface area contributed by atoms with Crippen molar-refractivity contribution in [3.05, 3.63) is 70.0 Å². The number of nitrogens with zero attached hydrogens (tertiary/aromatic N) is 3. The minimum absolute atomic E-state index is 0.159. The zero-order valence-electron chi connectivity index (χ0n) is 14.7. The number of aromatic nitrogens is 3. The standard InChI is InChI=1S/C19H18Cl2N4OS/c1-2-25-17(8-13-6-4-3-5-7-13)23-24-19(25)27-12-18(26)22-16-10-14(20)9-15(21)11-16/h3-7,9-11H,2,8,12H2,1H3,(H,22,26). The Bertz CT molecular complexity index is 910. The molecule has 140 valence electrons. The quantitative estimate of drug-likeness (QED) is 0.550. The van der Waals surface area contributed by atoms with Crippen LogP contribution in [0.25, 0.3) is 0 Å². The summed E-state index contributed by atoms with van der Waals surface area (Å²) in [7, 11) is 0. The highest BCUT2D eigenvalue weighted by atomic mass is 35.5. The van der Waals surface area contributed by atoms with E-state index in [-0.39, 0.29) is 11.7 Å². The van der Waals surface area contributed by atoms with Crippen LogP contribution in [0, 0.1) is 0 Å². The second kappa shape index (κ2) is 9.26. The first-order valence-electron chi connectivity index (χ1n) is 8.40. The molecule has 0 aliphatic carbocycles. The fourth-order valence-corrected chi connectivity index (χ4v) is 3.95. The molecule has 1 amide bonds. The predicted octanol–water partition coefficient (Wildman–Crippen LogP) is 4.93. The van der Waals surface area contributed by atoms with Gasteiger partial charge in [-0.3, -0.25) is 4.79 Å². The van der Waals surface area contributed by atoms with Crippen molar-refractivity contribution in [1.29, 1.82) is 0 Å². The van der Waals surface area contributed by atoms with Gasteiger partial charge in [-0.2, -0.15) is 0 Å². The van der Waals surface area contributed by atoms with Crippen LogP contribution in [0.5, 0.6) is 0 Å². The zero-order valence-corrected chi connectivity index (χ0v) is 17.0. The first kappa shape index (κ1) is 19.7. The van der Waals surface area contributed by atoms with Crippen molar-refractivity contribution in [2.24, 2.45) is 0 Å². The summed E-state index contributed by atoms with van der Waals surface area (Å²) >= 11 is 13.3. The van der Waals surface area contributed by atoms with Crippen LogP contribution in [-0.2, 0) is 17.8 Å². The molecule has 0 saturated carbocycles. The lowest BCUT2D eigenvalue weighted by Crippen LogP contribution is -2.14. The second-order valence-electron chi connectivity index (χ2n) is 5.80. The first-order valence-corrected chi connectivity index (χ1v) is 10.1. The highest BCUT2D eigenvalue weighted by molar-refractivity contribution is 7.99. The van der Waals surface area contributed by atoms with E-state index in [2.05, 4.69) is 27.6 Å². The van der Waals surface area contributed by atoms with E-state index in [1.807, 2.05) is 29.7 Å². The number of hydrogen-bond donors (Lipinski definition) is 1. The molecular formula is C19H18Cl2N4OS. The summed E-state index contributed by atoms with van der Waals surface area (Å²) < 4.78 is 2.03. The van der Waals surface area contributed by atoms with Gasteiger partial charge in [-0.15, -0.1) is 10.2 Å². The molecule has 3 aromatic rings. The first-order chi connectivity index (χ1) is 13.0. The number of rotatable bonds is 7. The lowest BCUT2D eigenvalue weighted by Gasteiger charge is -2.08. The van der Waals surface area contributed by atoms with E-state index in [4.69, 9.17) is 23.2 Å². The molecule has 0 fully saturated rings. The average Bonchev–Trinajstić information content (AvgIpc) is 3.01. The van der Waals surface area contributed by atoms with Crippen molar-refractivity contribution >= 4 is 46.6 Å². The molecule has 0 atom stereocenters. The minimum Gasteiger partial charge on any atom is -0.325 e. The Labute approximate surface area is 172 Å². The maximum Gasteiger partial charge on any atom is 0.234 e. The van der Waals surface area contributed by atoms with Gasteiger partial charge in [0.25, 0.3) is 0 Å². The molecule has 1 N–H and O–H groups in total. The third-order valence-corrected chi connectivity index (χ3v) is 5.20. The lowest BCUT2D eigenvalue weighted by atomic mass is 10.1. The van der Waals surface area contributed by atoms with Crippen LogP contribution < -0.4 is 5.32 Å². The topological polar surface area (TPSA) is 59.8 Å². The van der Waals surface area contributed by atoms with Crippen molar-refractivity contribution in [2.45, 2.75) is 25.0 Å². The summed E-state index contributed by atoms with van der Waals surface area (Å²) in [6.07, 6.45) is 0.704. The summed E-state index contributed by atoms with van der Waals surface area (Å²) in [5.74, 6) is 0.940. The number of amides is 1. The summed E-state index contributed by atoms with van der Waals surface area (Å²) in [5.41, 5.74) is 1.74. The molecule has 0 aliphatic heterocycles. The summed E-state index contributed by atoms with van der Waals surface area (Å²) in [4.78, 5) is 12.2. The van der Waals surface area contributed by atoms with E-state index >= 15 is 0 Å². The van der Waals surface area contributed by atoms with Crippen molar-refractivity contribution in [2.75, 3.05) is 11.1 Å². The van der Waals surface area contributed by atoms with Gasteiger partial charge in [0.15, 0.2) is 5.16 Å². The van der Waals surface area contributed by atoms with Gasteiger partial charge >= 0.3 is 0 Å². The number of benzene rings is 2. The van der Waals surface area contributed by atoms with Crippen LogP contribution >= 0.6 is 35.0 Å². The number of nitrogens with one attached hydrogen (secondary N) is 1. The molecule has 0 saturated heterocycles. The van der Waals surface area contributed by atoms with Gasteiger partial charge in [0.1, 0.15) is 5.82 Å². The molecular weight excluding hydrogens is 403 g/mol. The Morgan fingerprint density at radius 3 is 2.48 bits per heavy atom. The van der Waals surface area contributed by atoms with Gasteiger partial charge in [-0.05, 0) is 30.7 Å². The fourth-order valence-electron chi connectivity index (χ4n) is 2.61. The molecule has 0 bridgehead atoms. The molecule has 0 unspecified atom stereocenters. The second-order valence-corrected chi connectivity index (χ2v) is 7.62. The van der Waals surface area contributed by atoms with Crippen LogP contribution in [0.4, 0.5) is 5.69 Å². The fraction of sp³-hybridized carbons (Fsp3) is 0.211. The Hall–Kier alpha value is -2.02. The number of anilines is 1. The molecule has 1 aromatic heterocycles. The van der Waals surface area contributed by atoms with Crippen molar-refractivity contribution in [3.63, 3.8) is 0 Å². The molecule has 1 heterocycles. The zero-order chi connectivity index (χ0) is 19.2. The average molecular weight is 421 g/mol. The van der Waals surface area contributed by atoms with E-state index < -0.39 is 0 Å². The van der Waals surface area contributed by atoms with Crippen LogP contribution in [0.1, 0.15) is 18.3 Å². The van der Waals surface area contributed by atoms with Crippen LogP contribution in [-0.4, -0.2) is 26.4 Å². The van der Waals surface area contributed by atoms with E-state index in [1.54, 1.807) is 18.2 Å². The normalized spacial score (nSPS) is 10.8. The molecule has 0 spiro atoms. The predicted molar refractivity (Wildman–Crippen MR) is 111 cm³/mol. The van der Waals surface area contributed by atoms with Crippen LogP contribution in [0.3, 0.4) is 0 Å². The molecule has 2 aromatic carbocycles. The SMILES string of the molecule is CCn1c(Cc2ccccc2)nnc1SCC(=O)Nc1cc(Cl)cc(Cl)c1. The Balaban J connectivity index is 1.63. The Morgan fingerprint density at radius 2 is 1.81 bits per heavy atom. The number of thioether (sulfide) groups is 1. The largest absolute Gasteiger partial charge is 0.325 e. The van der Waals surface area contributed by atoms with Gasteiger partial charge < -0.3 is 9.88 Å². The minimum atomic E-state index is -0.159. The molecule has 5 nitrogen and oxygen atoms in total. The van der Waals surface area contributed by atoms with Crippen LogP contribution in [0.15, 0.2) is 53.7 Å². The van der Waals surface area contributed by atoms with Gasteiger partial charge in [-0.1, -0.05) is 65.3 Å². The summed E-state index contributed by atoms with van der Waals surface area (Å²) in [5, 5.41) is 13.0. The van der Waals surface area contributed by atoms with E-state index in [0.29, 0.717) is 22.2 Å². The number of halogens is 2. The van der Waals surface area contributed by atoms with E-state index in [0.717, 1.165) is 17.5 Å². The van der Waals surface area contributed by atoms with E-state index in [9.17, 15) is 4.79 Å². The third-order valence-electron chi connectivity index (χ3n) is 3.79. The van der Waals surface area contributed by atoms with Gasteiger partial charge in [0.05, 0.1) is 5.75 Å². The third kappa shape index (κ3) is 5.48. The molecule has 0 aliphatic rings. The summed E-state index contributed by atoms with van der Waals surface area (Å²) in [6, 6.07) is 15.0. The lowest BCUT2D eigenvalue weighted by molar-refractivity contribution is -0.113. The Kier molecular flexibility index (Phi) is 6.77. The number of carbonyl (C=O) groups is 1. The highest BCUT2D eigenvalue weighted by Crippen LogP contribution is 2.23. The molecule has 8 heteroatoms. The molecule has 0 radical (unpaired) electrons. The van der Waals surface area contributed by atoms with Crippen LogP contribution in [0.2, 0.25) is 10.0 Å². The smallest absolute Gasteiger partial charge is 0.234 e. The Morgan fingerprint density at radius 1 is 1.11 bits per heavy atom. The van der Waals surface area contributed by atoms with Gasteiger partial charge in [0, 0.05) is 28.7 Å².